The molecule has 1 aromatic carbocycles. The minimum absolute atomic E-state index is 0.0281. The third-order valence-electron chi connectivity index (χ3n) is 25.7. The molecule has 0 N–H and O–H groups in total. The minimum Gasteiger partial charge on any atom is -0.487 e. The summed E-state index contributed by atoms with van der Waals surface area (Å²) in [6, 6.07) is 13.9. The number of nitrogens with zero attached hydrogens (tertiary/aromatic N) is 6. The van der Waals surface area contributed by atoms with E-state index in [2.05, 4.69) is 249 Å². The van der Waals surface area contributed by atoms with Gasteiger partial charge >= 0.3 is 176 Å². The van der Waals surface area contributed by atoms with Crippen LogP contribution in [0.2, 0.25) is 121 Å². The summed E-state index contributed by atoms with van der Waals surface area (Å²) in [6.45, 7) is 79.1. The van der Waals surface area contributed by atoms with E-state index in [-0.39, 0.29) is 132 Å². The first-order valence-corrected chi connectivity index (χ1v) is 94.6. The lowest BCUT2D eigenvalue weighted by molar-refractivity contribution is -0.0398. The molecular weight excluding hydrogens is 2240 g/mol. The van der Waals surface area contributed by atoms with Crippen molar-refractivity contribution in [2.75, 3.05) is 0 Å². The van der Waals surface area contributed by atoms with Gasteiger partial charge in [-0.2, -0.15) is 0 Å². The zero-order valence-electron chi connectivity index (χ0n) is 96.0. The van der Waals surface area contributed by atoms with Gasteiger partial charge in [0.05, 0.1) is 12.4 Å². The van der Waals surface area contributed by atoms with Crippen LogP contribution in [0, 0.1) is 107 Å². The topological polar surface area (TPSA) is 357 Å². The van der Waals surface area contributed by atoms with Gasteiger partial charge in [-0.15, -0.1) is 10.2 Å². The highest BCUT2D eigenvalue weighted by Gasteiger charge is 2.88. The number of ether oxygens (including phenoxy) is 2. The Labute approximate surface area is 907 Å². The summed E-state index contributed by atoms with van der Waals surface area (Å²) in [5.74, 6) is 0.307. The van der Waals surface area contributed by atoms with Crippen molar-refractivity contribution in [1.82, 2.24) is 30.0 Å². The molecule has 0 spiro atoms. The molecule has 13 rings (SSSR count). The normalized spacial score (nSPS) is 38.3. The Morgan fingerprint density at radius 3 is 0.412 bits per heavy atom. The van der Waals surface area contributed by atoms with Gasteiger partial charge in [-0.3, -0.25) is 9.36 Å². The van der Waals surface area contributed by atoms with Gasteiger partial charge in [0.15, 0.2) is 0 Å². The highest BCUT2D eigenvalue weighted by atomic mass is 28.7. The third-order valence-corrected chi connectivity index (χ3v) is 126. The van der Waals surface area contributed by atoms with E-state index >= 15 is 0 Å². The second-order valence-electron chi connectivity index (χ2n) is 51.7. The number of benzene rings is 1. The van der Waals surface area contributed by atoms with Gasteiger partial charge in [0.2, 0.25) is 0 Å². The molecule has 10 aliphatic heterocycles. The quantitative estimate of drug-likeness (QED) is 0.0474. The summed E-state index contributed by atoms with van der Waals surface area (Å²) in [7, 11) is -88.5. The minimum atomic E-state index is -4.56. The van der Waals surface area contributed by atoms with Gasteiger partial charge in [0.25, 0.3) is 0 Å². The molecule has 3 aromatic rings. The molecule has 148 heavy (non-hydrogen) atoms. The largest absolute Gasteiger partial charge is 0.487 e. The smallest absolute Gasteiger partial charge is 0.479 e. The van der Waals surface area contributed by atoms with Crippen molar-refractivity contribution in [3.05, 3.63) is 48.0 Å². The van der Waals surface area contributed by atoms with E-state index in [0.717, 1.165) is 0 Å². The Morgan fingerprint density at radius 2 is 0.297 bits per heavy atom. The predicted octanol–water partition coefficient (Wildman–Crippen LogP) is 22.1. The van der Waals surface area contributed by atoms with Gasteiger partial charge in [0, 0.05) is 134 Å². The summed E-state index contributed by atoms with van der Waals surface area (Å²) in [5, 5.41) is 18.9. The van der Waals surface area contributed by atoms with E-state index in [1.54, 1.807) is 0 Å². The van der Waals surface area contributed by atoms with Crippen LogP contribution in [0.4, 0.5) is 0 Å². The number of hydrogen-bond acceptors (Lipinski definition) is 36. The number of aryl methyl sites for hydroxylation is 2. The van der Waals surface area contributed by atoms with Gasteiger partial charge in [-0.1, -0.05) is 260 Å². The first-order valence-electron chi connectivity index (χ1n) is 55.9. The average molecular weight is 2420 g/mol. The summed E-state index contributed by atoms with van der Waals surface area (Å²) in [4.78, 5) is 0. The molecule has 58 heteroatoms. The van der Waals surface area contributed by atoms with Crippen LogP contribution in [0.25, 0.3) is 0 Å². The van der Waals surface area contributed by atoms with E-state index in [0.29, 0.717) is 158 Å². The second-order valence-corrected chi connectivity index (χ2v) is 112. The molecule has 0 saturated carbocycles. The molecule has 0 aliphatic carbocycles. The zero-order valence-corrected chi connectivity index (χ0v) is 116. The van der Waals surface area contributed by atoms with Crippen molar-refractivity contribution in [3.8, 4) is 11.5 Å². The van der Waals surface area contributed by atoms with E-state index in [4.69, 9.17) is 154 Å². The molecule has 0 radical (unpaired) electrons. The van der Waals surface area contributed by atoms with Gasteiger partial charge in [-0.25, -0.2) is 0 Å². The molecule has 846 valence electrons. The van der Waals surface area contributed by atoms with E-state index < -0.39 is 176 Å². The standard InChI is InChI=1S/C90H184N6O32Si20/c1-69(2)51-131-99-129(101-133(53-71(5)6)109-137(105-131,57-75(13)14)117-145(65-83(29)30)123-141(113-133,61-79(21)22)121-142(62-80(23)24)114-134(102-129,54-72(7)8)110-138(106-131,58-76(15)16)118-146(124-142,127-145)66-84(31)32)45-37-43-95-47-87(91-93-95)49-97-89-39-41-90(42-40-89)98-50-88-48-96(94-92-88)44-38-46-130-100-132(52-70(3)4)107-139(59-77(17)18)111-135(103-130,55-73(9)10)115-143(63-81(25)26)122-144(64-82(27)28)116-136(104-130,56-74(11)12)112-140(108-132,60-78(19)20)120-148(126-144,68-86(35)36)128-147(119-139,125-143)67-85(33)34/h39-42,47-48,69-86H,37-38,43-46,49-68H2,1-36H3. The van der Waals surface area contributed by atoms with Gasteiger partial charge in [-0.05, 0) is 144 Å². The molecule has 0 amide bonds. The Kier molecular flexibility index (Phi) is 38.4. The number of hydrogen-bond donors (Lipinski definition) is 0. The lowest BCUT2D eigenvalue weighted by Gasteiger charge is -2.64. The lowest BCUT2D eigenvalue weighted by atomic mass is 10.3. The molecule has 2 aromatic heterocycles. The number of aromatic nitrogens is 6. The van der Waals surface area contributed by atoms with Crippen LogP contribution in [0.3, 0.4) is 0 Å². The maximum absolute atomic E-state index is 8.44. The van der Waals surface area contributed by atoms with E-state index in [9.17, 15) is 0 Å². The van der Waals surface area contributed by atoms with E-state index in [1.807, 2.05) is 46.0 Å². The lowest BCUT2D eigenvalue weighted by Crippen LogP contribution is -2.88. The summed E-state index contributed by atoms with van der Waals surface area (Å²) >= 11 is 0. The van der Waals surface area contributed by atoms with Gasteiger partial charge < -0.3 is 133 Å². The van der Waals surface area contributed by atoms with Crippen LogP contribution in [-0.4, -0.2) is 206 Å². The van der Waals surface area contributed by atoms with Crippen LogP contribution < -0.4 is 9.47 Å². The van der Waals surface area contributed by atoms with Crippen LogP contribution in [-0.2, 0) is 150 Å². The molecule has 16 atom stereocenters. The maximum atomic E-state index is 8.44. The summed E-state index contributed by atoms with van der Waals surface area (Å²) in [6.07, 6.45) is 4.64. The molecule has 10 aliphatic rings. The molecule has 12 heterocycles. The summed E-state index contributed by atoms with van der Waals surface area (Å²) in [5.41, 5.74) is 1.22. The summed E-state index contributed by atoms with van der Waals surface area (Å²) < 4.78 is 266. The van der Waals surface area contributed by atoms with Crippen molar-refractivity contribution < 1.29 is 133 Å². The van der Waals surface area contributed by atoms with Crippen LogP contribution >= 0.6 is 0 Å². The number of rotatable bonds is 50. The van der Waals surface area contributed by atoms with Crippen molar-refractivity contribution >= 4 is 176 Å². The van der Waals surface area contributed by atoms with E-state index in [1.165, 1.54) is 0 Å². The molecule has 10 fully saturated rings. The predicted molar refractivity (Wildman–Crippen MR) is 595 cm³/mol. The Balaban J connectivity index is 0.714. The first kappa shape index (κ1) is 122. The van der Waals surface area contributed by atoms with Crippen molar-refractivity contribution in [3.63, 3.8) is 0 Å². The number of fused-ring (bicyclic) bond motifs is 20. The van der Waals surface area contributed by atoms with Crippen LogP contribution in [0.5, 0.6) is 11.5 Å². The fraction of sp³-hybridized carbons (Fsp3) is 0.889. The fourth-order valence-corrected chi connectivity index (χ4v) is 152. The van der Waals surface area contributed by atoms with Crippen molar-refractivity contribution in [2.45, 2.75) is 409 Å². The molecule has 20 bridgehead atoms. The second kappa shape index (κ2) is 46.5. The highest BCUT2D eigenvalue weighted by Crippen LogP contribution is 2.62. The Hall–Kier alpha value is 0.238. The Morgan fingerprint density at radius 1 is 0.182 bits per heavy atom. The SMILES string of the molecule is CC(C)C[Si]12O[Si]3(CCCn4cc(COc5ccc(OCc6cn(CCC[Si]78O[Si]9(CC(C)C)O[Si]%10(CC(C)C)O[Si](CC(C)C)(O7)O[Si]7(CC(C)C)O[Si]%11(CC(C)C)O[Si](CC(C)C)(O8)O[Si](CC(C)C)(O9)O[Si](CC(C)C)(O%11)O[Si](CC(C)C)(O%10)O7)nn6)cc5)nn4)O[Si]4(CC(C)C)O[Si](CC(C)C)(O1)O[Si]1(CC(C)C)O[Si](CC(C)C)(O4)O[Si]4(CC(C)C)O[Si](CC(C)C)(O3)O[Si](CC(C)C)(O2)O[Si](CC(C)C)(O4)O1. The average Bonchev–Trinajstić information content (AvgIpc) is 0.807. The molecule has 16 unspecified atom stereocenters. The Bertz CT molecular complexity index is 4320. The fourth-order valence-electron chi connectivity index (χ4n) is 22.8. The molecule has 38 nitrogen and oxygen atoms in total. The van der Waals surface area contributed by atoms with Crippen LogP contribution in [0.15, 0.2) is 36.7 Å². The van der Waals surface area contributed by atoms with Crippen molar-refractivity contribution in [1.29, 1.82) is 0 Å². The van der Waals surface area contributed by atoms with Gasteiger partial charge in [0.1, 0.15) is 36.1 Å². The first-order chi connectivity index (χ1) is 68.8. The molecular formula is C90H184N6O32Si20. The zero-order chi connectivity index (χ0) is 108. The van der Waals surface area contributed by atoms with Crippen molar-refractivity contribution in [2.24, 2.45) is 107 Å². The highest BCUT2D eigenvalue weighted by molar-refractivity contribution is 7.06. The maximum Gasteiger partial charge on any atom is 0.479 e. The molecule has 10 saturated heterocycles. The monoisotopic (exact) mass is 2420 g/mol. The van der Waals surface area contributed by atoms with Crippen LogP contribution in [0.1, 0.15) is 273 Å². The third kappa shape index (κ3) is 29.7.